The van der Waals surface area contributed by atoms with Crippen LogP contribution in [0.3, 0.4) is 0 Å². The standard InChI is InChI=1S/C22H30N2O4S/c1-16-11-12-17(2)21(14-16)18(3)23-22(25)10-7-13-24(29(5,26)27)19-8-6-9-20(15-19)28-4/h6,8-9,11-12,14-15,18H,7,10,13H2,1-5H3,(H,23,25)/t18-/m0/s1. The molecule has 0 fully saturated rings. The van der Waals surface area contributed by atoms with E-state index in [1.165, 1.54) is 11.4 Å². The fourth-order valence-corrected chi connectivity index (χ4v) is 4.21. The van der Waals surface area contributed by atoms with Gasteiger partial charge in [-0.1, -0.05) is 29.8 Å². The van der Waals surface area contributed by atoms with Crippen molar-refractivity contribution in [3.63, 3.8) is 0 Å². The van der Waals surface area contributed by atoms with Crippen molar-refractivity contribution in [3.8, 4) is 5.75 Å². The average Bonchev–Trinajstić information content (AvgIpc) is 2.66. The van der Waals surface area contributed by atoms with E-state index in [-0.39, 0.29) is 24.9 Å². The number of hydrogen-bond donors (Lipinski definition) is 1. The Balaban J connectivity index is 1.98. The molecule has 158 valence electrons. The summed E-state index contributed by atoms with van der Waals surface area (Å²) in [6, 6.07) is 12.9. The third-order valence-electron chi connectivity index (χ3n) is 4.79. The van der Waals surface area contributed by atoms with Gasteiger partial charge in [0.25, 0.3) is 0 Å². The van der Waals surface area contributed by atoms with Crippen molar-refractivity contribution in [2.24, 2.45) is 0 Å². The van der Waals surface area contributed by atoms with E-state index in [1.54, 1.807) is 24.3 Å². The third-order valence-corrected chi connectivity index (χ3v) is 5.98. The summed E-state index contributed by atoms with van der Waals surface area (Å²) < 4.78 is 30.9. The lowest BCUT2D eigenvalue weighted by Gasteiger charge is -2.23. The number of methoxy groups -OCH3 is 1. The van der Waals surface area contributed by atoms with E-state index in [2.05, 4.69) is 11.4 Å². The number of hydrogen-bond acceptors (Lipinski definition) is 4. The van der Waals surface area contributed by atoms with Gasteiger partial charge in [0.2, 0.25) is 15.9 Å². The number of nitrogens with one attached hydrogen (secondary N) is 1. The van der Waals surface area contributed by atoms with Gasteiger partial charge >= 0.3 is 0 Å². The molecule has 1 amide bonds. The van der Waals surface area contributed by atoms with Gasteiger partial charge in [0.15, 0.2) is 0 Å². The molecule has 1 atom stereocenters. The van der Waals surface area contributed by atoms with Crippen molar-refractivity contribution >= 4 is 21.6 Å². The maximum Gasteiger partial charge on any atom is 0.232 e. The molecule has 0 aliphatic carbocycles. The second-order valence-corrected chi connectivity index (χ2v) is 9.20. The van der Waals surface area contributed by atoms with E-state index in [0.717, 1.165) is 22.9 Å². The molecule has 0 spiro atoms. The minimum atomic E-state index is -3.47. The number of aryl methyl sites for hydroxylation is 2. The van der Waals surface area contributed by atoms with Gasteiger partial charge in [-0.25, -0.2) is 8.42 Å². The molecule has 7 heteroatoms. The number of carbonyl (C=O) groups excluding carboxylic acids is 1. The van der Waals surface area contributed by atoms with Gasteiger partial charge in [-0.3, -0.25) is 9.10 Å². The SMILES string of the molecule is COc1cccc(N(CCCC(=O)N[C@@H](C)c2cc(C)ccc2C)S(C)(=O)=O)c1. The van der Waals surface area contributed by atoms with Crippen molar-refractivity contribution in [3.05, 3.63) is 59.2 Å². The van der Waals surface area contributed by atoms with Crippen molar-refractivity contribution < 1.29 is 17.9 Å². The Bertz CT molecular complexity index is 957. The Hall–Kier alpha value is -2.54. The molecule has 0 aliphatic heterocycles. The Labute approximate surface area is 173 Å². The molecule has 0 saturated carbocycles. The first kappa shape index (κ1) is 22.7. The number of benzene rings is 2. The topological polar surface area (TPSA) is 75.7 Å². The van der Waals surface area contributed by atoms with Gasteiger partial charge in [0.05, 0.1) is 25.1 Å². The average molecular weight is 419 g/mol. The number of ether oxygens (including phenoxy) is 1. The van der Waals surface area contributed by atoms with E-state index in [0.29, 0.717) is 17.9 Å². The summed E-state index contributed by atoms with van der Waals surface area (Å²) in [5, 5.41) is 3.01. The van der Waals surface area contributed by atoms with E-state index >= 15 is 0 Å². The minimum absolute atomic E-state index is 0.0995. The molecule has 0 saturated heterocycles. The highest BCUT2D eigenvalue weighted by Gasteiger charge is 2.19. The van der Waals surface area contributed by atoms with Crippen LogP contribution in [-0.4, -0.2) is 34.2 Å². The highest BCUT2D eigenvalue weighted by Crippen LogP contribution is 2.24. The molecule has 1 N–H and O–H groups in total. The molecule has 29 heavy (non-hydrogen) atoms. The summed E-state index contributed by atoms with van der Waals surface area (Å²) >= 11 is 0. The Kier molecular flexibility index (Phi) is 7.67. The predicted octanol–water partition coefficient (Wildman–Crippen LogP) is 3.74. The zero-order valence-corrected chi connectivity index (χ0v) is 18.5. The second kappa shape index (κ2) is 9.78. The molecule has 0 aliphatic rings. The van der Waals surface area contributed by atoms with Gasteiger partial charge < -0.3 is 10.1 Å². The molecular formula is C22H30N2O4S. The summed E-state index contributed by atoms with van der Waals surface area (Å²) in [5.41, 5.74) is 3.89. The number of amides is 1. The summed E-state index contributed by atoms with van der Waals surface area (Å²) in [6.45, 7) is 6.22. The van der Waals surface area contributed by atoms with Crippen LogP contribution in [0.5, 0.6) is 5.75 Å². The molecule has 2 aromatic carbocycles. The number of nitrogens with zero attached hydrogens (tertiary/aromatic N) is 1. The summed E-state index contributed by atoms with van der Waals surface area (Å²) in [4.78, 5) is 12.4. The van der Waals surface area contributed by atoms with Gasteiger partial charge in [-0.15, -0.1) is 0 Å². The molecule has 0 heterocycles. The number of sulfonamides is 1. The van der Waals surface area contributed by atoms with Crippen molar-refractivity contribution in [1.82, 2.24) is 5.32 Å². The van der Waals surface area contributed by atoms with Crippen molar-refractivity contribution in [2.75, 3.05) is 24.2 Å². The van der Waals surface area contributed by atoms with Gasteiger partial charge in [0.1, 0.15) is 5.75 Å². The molecule has 2 rings (SSSR count). The zero-order valence-electron chi connectivity index (χ0n) is 17.7. The Morgan fingerprint density at radius 1 is 1.17 bits per heavy atom. The first-order chi connectivity index (χ1) is 13.6. The van der Waals surface area contributed by atoms with E-state index in [4.69, 9.17) is 4.74 Å². The van der Waals surface area contributed by atoms with E-state index in [1.807, 2.05) is 32.9 Å². The minimum Gasteiger partial charge on any atom is -0.497 e. The fourth-order valence-electron chi connectivity index (χ4n) is 3.25. The monoisotopic (exact) mass is 418 g/mol. The number of anilines is 1. The maximum atomic E-state index is 12.4. The molecule has 0 unspecified atom stereocenters. The lowest BCUT2D eigenvalue weighted by molar-refractivity contribution is -0.121. The van der Waals surface area contributed by atoms with Crippen LogP contribution in [-0.2, 0) is 14.8 Å². The first-order valence-electron chi connectivity index (χ1n) is 9.60. The molecule has 0 aromatic heterocycles. The quantitative estimate of drug-likeness (QED) is 0.673. The maximum absolute atomic E-state index is 12.4. The van der Waals surface area contributed by atoms with E-state index < -0.39 is 10.0 Å². The van der Waals surface area contributed by atoms with Crippen LogP contribution >= 0.6 is 0 Å². The van der Waals surface area contributed by atoms with E-state index in [9.17, 15) is 13.2 Å². The molecular weight excluding hydrogens is 388 g/mol. The fraction of sp³-hybridized carbons (Fsp3) is 0.409. The zero-order chi connectivity index (χ0) is 21.6. The number of carbonyl (C=O) groups is 1. The third kappa shape index (κ3) is 6.49. The highest BCUT2D eigenvalue weighted by molar-refractivity contribution is 7.92. The van der Waals surface area contributed by atoms with Gasteiger partial charge in [-0.2, -0.15) is 0 Å². The van der Waals surface area contributed by atoms with Crippen LogP contribution in [0.2, 0.25) is 0 Å². The molecule has 0 radical (unpaired) electrons. The second-order valence-electron chi connectivity index (χ2n) is 7.29. The highest BCUT2D eigenvalue weighted by atomic mass is 32.2. The van der Waals surface area contributed by atoms with Crippen LogP contribution < -0.4 is 14.4 Å². The van der Waals surface area contributed by atoms with Crippen LogP contribution in [0.1, 0.15) is 42.5 Å². The first-order valence-corrected chi connectivity index (χ1v) is 11.4. The molecule has 6 nitrogen and oxygen atoms in total. The summed E-state index contributed by atoms with van der Waals surface area (Å²) in [6.07, 6.45) is 1.82. The summed E-state index contributed by atoms with van der Waals surface area (Å²) in [5.74, 6) is 0.480. The number of rotatable bonds is 9. The van der Waals surface area contributed by atoms with Crippen molar-refractivity contribution in [1.29, 1.82) is 0 Å². The largest absolute Gasteiger partial charge is 0.497 e. The van der Waals surface area contributed by atoms with Crippen LogP contribution in [0.25, 0.3) is 0 Å². The van der Waals surface area contributed by atoms with Gasteiger partial charge in [0, 0.05) is 19.0 Å². The lowest BCUT2D eigenvalue weighted by Crippen LogP contribution is -2.32. The van der Waals surface area contributed by atoms with Crippen LogP contribution in [0, 0.1) is 13.8 Å². The predicted molar refractivity (Wildman–Crippen MR) is 117 cm³/mol. The van der Waals surface area contributed by atoms with Crippen LogP contribution in [0.4, 0.5) is 5.69 Å². The Morgan fingerprint density at radius 2 is 1.90 bits per heavy atom. The summed E-state index contributed by atoms with van der Waals surface area (Å²) in [7, 11) is -1.94. The Morgan fingerprint density at radius 3 is 2.55 bits per heavy atom. The smallest absolute Gasteiger partial charge is 0.232 e. The lowest BCUT2D eigenvalue weighted by atomic mass is 10.00. The molecule has 2 aromatic rings. The molecule has 0 bridgehead atoms. The van der Waals surface area contributed by atoms with Crippen LogP contribution in [0.15, 0.2) is 42.5 Å². The van der Waals surface area contributed by atoms with Gasteiger partial charge in [-0.05, 0) is 50.5 Å². The van der Waals surface area contributed by atoms with Crippen molar-refractivity contribution in [2.45, 2.75) is 39.7 Å². The normalized spacial score (nSPS) is 12.3.